The van der Waals surface area contributed by atoms with Crippen LogP contribution in [0.3, 0.4) is 0 Å². The first-order valence-corrected chi connectivity index (χ1v) is 6.79. The molecule has 9 heteroatoms. The van der Waals surface area contributed by atoms with E-state index in [0.717, 1.165) is 12.3 Å². The zero-order valence-corrected chi connectivity index (χ0v) is 10.6. The summed E-state index contributed by atoms with van der Waals surface area (Å²) in [5.41, 5.74) is 4.02. The molecule has 0 bridgehead atoms. The minimum absolute atomic E-state index is 0.108. The van der Waals surface area contributed by atoms with Gasteiger partial charge in [-0.2, -0.15) is 21.6 Å². The first kappa shape index (κ1) is 15.9. The zero-order chi connectivity index (χ0) is 14.8. The highest BCUT2D eigenvalue weighted by Gasteiger charge is 2.31. The summed E-state index contributed by atoms with van der Waals surface area (Å²) >= 11 is 0. The fraction of sp³-hybridized carbons (Fsp3) is 0.400. The third kappa shape index (κ3) is 5.53. The zero-order valence-electron chi connectivity index (χ0n) is 9.74. The van der Waals surface area contributed by atoms with Gasteiger partial charge in [-0.1, -0.05) is 0 Å². The van der Waals surface area contributed by atoms with Gasteiger partial charge >= 0.3 is 6.18 Å². The van der Waals surface area contributed by atoms with E-state index in [4.69, 9.17) is 5.73 Å². The van der Waals surface area contributed by atoms with Gasteiger partial charge in [0.15, 0.2) is 0 Å². The molecule has 0 spiro atoms. The first-order valence-electron chi connectivity index (χ1n) is 4.98. The van der Waals surface area contributed by atoms with Gasteiger partial charge < -0.3 is 5.73 Å². The van der Waals surface area contributed by atoms with Gasteiger partial charge in [0.1, 0.15) is 12.0 Å². The average Bonchev–Trinajstić information content (AvgIpc) is 2.11. The standard InChI is InChI=1S/C10H11F4NO3S/c1-19(16,17)18-9(15)4-6-2-7(10(12,13)14)5-8(11)3-6/h2-3,5,9H,4,15H2,1H3. The summed E-state index contributed by atoms with van der Waals surface area (Å²) in [5, 5.41) is 0. The van der Waals surface area contributed by atoms with Crippen LogP contribution in [-0.2, 0) is 26.9 Å². The normalized spacial score (nSPS) is 14.4. The number of halogens is 4. The molecule has 1 aromatic rings. The van der Waals surface area contributed by atoms with E-state index in [1.54, 1.807) is 0 Å². The second-order valence-electron chi connectivity index (χ2n) is 3.89. The molecule has 1 atom stereocenters. The number of benzene rings is 1. The summed E-state index contributed by atoms with van der Waals surface area (Å²) < 4.78 is 76.2. The lowest BCUT2D eigenvalue weighted by molar-refractivity contribution is -0.137. The van der Waals surface area contributed by atoms with Gasteiger partial charge in [0.2, 0.25) is 0 Å². The topological polar surface area (TPSA) is 69.4 Å². The predicted molar refractivity (Wildman–Crippen MR) is 59.0 cm³/mol. The number of alkyl halides is 3. The molecule has 1 rings (SSSR count). The molecule has 1 unspecified atom stereocenters. The van der Waals surface area contributed by atoms with Crippen molar-refractivity contribution in [2.45, 2.75) is 18.8 Å². The third-order valence-electron chi connectivity index (χ3n) is 2.02. The molecule has 0 radical (unpaired) electrons. The van der Waals surface area contributed by atoms with E-state index in [1.807, 2.05) is 0 Å². The van der Waals surface area contributed by atoms with Crippen molar-refractivity contribution in [3.8, 4) is 0 Å². The Balaban J connectivity index is 2.93. The largest absolute Gasteiger partial charge is 0.416 e. The molecule has 0 aliphatic rings. The monoisotopic (exact) mass is 301 g/mol. The quantitative estimate of drug-likeness (QED) is 0.521. The van der Waals surface area contributed by atoms with Gasteiger partial charge in [0.25, 0.3) is 10.1 Å². The van der Waals surface area contributed by atoms with Crippen LogP contribution in [0, 0.1) is 5.82 Å². The molecule has 0 fully saturated rings. The molecular weight excluding hydrogens is 290 g/mol. The molecule has 4 nitrogen and oxygen atoms in total. The Hall–Kier alpha value is -1.19. The molecule has 0 amide bonds. The highest BCUT2D eigenvalue weighted by Crippen LogP contribution is 2.30. The molecule has 108 valence electrons. The maximum Gasteiger partial charge on any atom is 0.416 e. The van der Waals surface area contributed by atoms with Crippen LogP contribution in [0.15, 0.2) is 18.2 Å². The fourth-order valence-electron chi connectivity index (χ4n) is 1.42. The molecule has 0 saturated heterocycles. The number of hydrogen-bond acceptors (Lipinski definition) is 4. The Morgan fingerprint density at radius 2 is 1.89 bits per heavy atom. The molecule has 0 aliphatic heterocycles. The van der Waals surface area contributed by atoms with Crippen molar-refractivity contribution in [1.29, 1.82) is 0 Å². The Labute approximate surface area is 107 Å². The van der Waals surface area contributed by atoms with Crippen LogP contribution in [0.4, 0.5) is 17.6 Å². The number of rotatable bonds is 4. The van der Waals surface area contributed by atoms with E-state index in [-0.39, 0.29) is 12.0 Å². The van der Waals surface area contributed by atoms with Gasteiger partial charge in [-0.3, -0.25) is 4.18 Å². The number of nitrogens with two attached hydrogens (primary N) is 1. The van der Waals surface area contributed by atoms with Crippen molar-refractivity contribution in [1.82, 2.24) is 0 Å². The van der Waals surface area contributed by atoms with Crippen LogP contribution < -0.4 is 5.73 Å². The molecule has 0 heterocycles. The summed E-state index contributed by atoms with van der Waals surface area (Å²) in [7, 11) is -3.83. The van der Waals surface area contributed by atoms with Gasteiger partial charge in [0, 0.05) is 6.42 Å². The Morgan fingerprint density at radius 3 is 2.37 bits per heavy atom. The lowest BCUT2D eigenvalue weighted by atomic mass is 10.1. The fourth-order valence-corrected chi connectivity index (χ4v) is 1.94. The average molecular weight is 301 g/mol. The Morgan fingerprint density at radius 1 is 1.32 bits per heavy atom. The van der Waals surface area contributed by atoms with Crippen LogP contribution in [0.2, 0.25) is 0 Å². The van der Waals surface area contributed by atoms with Crippen molar-refractivity contribution in [2.75, 3.05) is 6.26 Å². The molecule has 0 saturated carbocycles. The van der Waals surface area contributed by atoms with Gasteiger partial charge in [-0.15, -0.1) is 0 Å². The van der Waals surface area contributed by atoms with Crippen LogP contribution in [-0.4, -0.2) is 20.9 Å². The Kier molecular flexibility index (Phi) is 4.54. The molecular formula is C10H11F4NO3S. The minimum atomic E-state index is -4.70. The summed E-state index contributed by atoms with van der Waals surface area (Å²) in [6.07, 6.45) is -5.69. The van der Waals surface area contributed by atoms with Gasteiger partial charge in [-0.05, 0) is 23.8 Å². The van der Waals surface area contributed by atoms with Crippen molar-refractivity contribution in [2.24, 2.45) is 5.73 Å². The van der Waals surface area contributed by atoms with Crippen LogP contribution in [0.1, 0.15) is 11.1 Å². The van der Waals surface area contributed by atoms with Crippen molar-refractivity contribution >= 4 is 10.1 Å². The SMILES string of the molecule is CS(=O)(=O)OC(N)Cc1cc(F)cc(C(F)(F)F)c1. The van der Waals surface area contributed by atoms with E-state index in [2.05, 4.69) is 4.18 Å². The number of hydrogen-bond donors (Lipinski definition) is 1. The summed E-state index contributed by atoms with van der Waals surface area (Å²) in [6, 6.07) is 1.86. The summed E-state index contributed by atoms with van der Waals surface area (Å²) in [4.78, 5) is 0. The Bertz CT molecular complexity index is 556. The summed E-state index contributed by atoms with van der Waals surface area (Å²) in [5.74, 6) is -1.09. The van der Waals surface area contributed by atoms with Crippen LogP contribution in [0.25, 0.3) is 0 Å². The second kappa shape index (κ2) is 5.43. The van der Waals surface area contributed by atoms with Crippen LogP contribution >= 0.6 is 0 Å². The second-order valence-corrected chi connectivity index (χ2v) is 5.49. The molecule has 2 N–H and O–H groups in total. The molecule has 0 aromatic heterocycles. The van der Waals surface area contributed by atoms with E-state index in [0.29, 0.717) is 12.1 Å². The third-order valence-corrected chi connectivity index (χ3v) is 2.62. The van der Waals surface area contributed by atoms with Gasteiger partial charge in [0.05, 0.1) is 11.8 Å². The van der Waals surface area contributed by atoms with Crippen LogP contribution in [0.5, 0.6) is 0 Å². The van der Waals surface area contributed by atoms with E-state index >= 15 is 0 Å². The van der Waals surface area contributed by atoms with E-state index < -0.39 is 33.9 Å². The smallest absolute Gasteiger partial charge is 0.305 e. The maximum absolute atomic E-state index is 13.0. The van der Waals surface area contributed by atoms with E-state index in [1.165, 1.54) is 0 Å². The van der Waals surface area contributed by atoms with Crippen molar-refractivity contribution in [3.63, 3.8) is 0 Å². The highest BCUT2D eigenvalue weighted by atomic mass is 32.2. The minimum Gasteiger partial charge on any atom is -0.305 e. The molecule has 1 aromatic carbocycles. The van der Waals surface area contributed by atoms with Gasteiger partial charge in [-0.25, -0.2) is 4.39 Å². The molecule has 0 aliphatic carbocycles. The lowest BCUT2D eigenvalue weighted by Gasteiger charge is -2.13. The van der Waals surface area contributed by atoms with E-state index in [9.17, 15) is 26.0 Å². The first-order chi connectivity index (χ1) is 8.47. The lowest BCUT2D eigenvalue weighted by Crippen LogP contribution is -2.29. The summed E-state index contributed by atoms with van der Waals surface area (Å²) in [6.45, 7) is 0. The maximum atomic E-state index is 13.0. The highest BCUT2D eigenvalue weighted by molar-refractivity contribution is 7.86. The van der Waals surface area contributed by atoms with Crippen molar-refractivity contribution < 1.29 is 30.2 Å². The molecule has 19 heavy (non-hydrogen) atoms. The predicted octanol–water partition coefficient (Wildman–Crippen LogP) is 1.65. The van der Waals surface area contributed by atoms with Crippen molar-refractivity contribution in [3.05, 3.63) is 35.1 Å².